The van der Waals surface area contributed by atoms with Crippen LogP contribution in [0.25, 0.3) is 10.9 Å². The van der Waals surface area contributed by atoms with E-state index in [0.717, 1.165) is 39.8 Å². The van der Waals surface area contributed by atoms with Gasteiger partial charge >= 0.3 is 0 Å². The third kappa shape index (κ3) is 4.34. The predicted octanol–water partition coefficient (Wildman–Crippen LogP) is 3.74. The maximum atomic E-state index is 14.2. The second-order valence-electron chi connectivity index (χ2n) is 11.4. The zero-order valence-corrected chi connectivity index (χ0v) is 22.8. The fourth-order valence-electron chi connectivity index (χ4n) is 6.88. The molecule has 5 rings (SSSR count). The van der Waals surface area contributed by atoms with Gasteiger partial charge in [-0.1, -0.05) is 48.9 Å². The van der Waals surface area contributed by atoms with Crippen LogP contribution in [0.3, 0.4) is 0 Å². The Labute approximate surface area is 228 Å². The molecule has 0 saturated carbocycles. The van der Waals surface area contributed by atoms with Crippen LogP contribution in [0.4, 0.5) is 0 Å². The Morgan fingerprint density at radius 1 is 1.03 bits per heavy atom. The fraction of sp³-hybridized carbons (Fsp3) is 0.406. The van der Waals surface area contributed by atoms with E-state index in [0.29, 0.717) is 18.4 Å². The summed E-state index contributed by atoms with van der Waals surface area (Å²) in [5.74, 6) is -2.94. The summed E-state index contributed by atoms with van der Waals surface area (Å²) in [6.45, 7) is 7.40. The lowest BCUT2D eigenvalue weighted by molar-refractivity contribution is -0.144. The zero-order valence-electron chi connectivity index (χ0n) is 22.8. The molecule has 7 heteroatoms. The molecule has 7 nitrogen and oxygen atoms in total. The van der Waals surface area contributed by atoms with E-state index < -0.39 is 53.0 Å². The number of carbonyl (C=O) groups is 3. The molecule has 0 bridgehead atoms. The lowest BCUT2D eigenvalue weighted by Gasteiger charge is -2.45. The smallest absolute Gasteiger partial charge is 0.235 e. The summed E-state index contributed by atoms with van der Waals surface area (Å²) >= 11 is 0. The van der Waals surface area contributed by atoms with Crippen LogP contribution in [0, 0.1) is 23.2 Å². The zero-order chi connectivity index (χ0) is 28.1. The highest BCUT2D eigenvalue weighted by Crippen LogP contribution is 2.55. The van der Waals surface area contributed by atoms with Crippen molar-refractivity contribution in [2.45, 2.75) is 58.8 Å². The van der Waals surface area contributed by atoms with Crippen molar-refractivity contribution >= 4 is 28.4 Å². The van der Waals surface area contributed by atoms with Crippen LogP contribution >= 0.6 is 0 Å². The van der Waals surface area contributed by atoms with Gasteiger partial charge in [0, 0.05) is 35.0 Å². The second kappa shape index (κ2) is 10.2. The molecule has 3 aliphatic rings. The monoisotopic (exact) mass is 528 g/mol. The Bertz CT molecular complexity index is 1460. The number of ketones is 2. The van der Waals surface area contributed by atoms with Crippen LogP contribution in [0.15, 0.2) is 77.6 Å². The molecule has 0 radical (unpaired) electrons. The molecule has 1 fully saturated rings. The number of nitrogens with one attached hydrogen (secondary N) is 2. The largest absolute Gasteiger partial charge is 0.388 e. The lowest BCUT2D eigenvalue weighted by atomic mass is 9.55. The minimum atomic E-state index is -1.63. The Hall–Kier alpha value is -3.55. The van der Waals surface area contributed by atoms with Gasteiger partial charge in [-0.05, 0) is 74.5 Å². The first-order valence-electron chi connectivity index (χ1n) is 13.6. The van der Waals surface area contributed by atoms with E-state index in [2.05, 4.69) is 10.3 Å². The molecule has 39 heavy (non-hydrogen) atoms. The molecular formula is C32H36N2O5. The Balaban J connectivity index is 1.65. The predicted molar refractivity (Wildman–Crippen MR) is 150 cm³/mol. The second-order valence-corrected chi connectivity index (χ2v) is 11.4. The Kier molecular flexibility index (Phi) is 7.08. The highest BCUT2D eigenvalue weighted by Gasteiger charge is 2.66. The lowest BCUT2D eigenvalue weighted by Crippen LogP contribution is -2.55. The highest BCUT2D eigenvalue weighted by molar-refractivity contribution is 6.15. The molecule has 1 saturated heterocycles. The van der Waals surface area contributed by atoms with Gasteiger partial charge in [0.25, 0.3) is 0 Å². The average Bonchev–Trinajstić information content (AvgIpc) is 3.45. The number of amides is 1. The minimum Gasteiger partial charge on any atom is -0.388 e. The SMILES string of the molecule is CC1=C(C)[C@H]2[C@H](Cc3c[nH]c4ccccc34)NC(=O)[C@]23C(=O)/C=C\C(=O)[C@@H](O)/C(C)=C\[C@H](C)C/C=C/[C@H]3[C@@H]1O. The van der Waals surface area contributed by atoms with Gasteiger partial charge < -0.3 is 20.5 Å². The van der Waals surface area contributed by atoms with Crippen LogP contribution in [-0.2, 0) is 20.8 Å². The maximum Gasteiger partial charge on any atom is 0.235 e. The molecule has 7 atom stereocenters. The maximum absolute atomic E-state index is 14.2. The molecule has 1 amide bonds. The number of aliphatic hydroxyl groups is 2. The van der Waals surface area contributed by atoms with Crippen molar-refractivity contribution in [1.29, 1.82) is 0 Å². The van der Waals surface area contributed by atoms with Gasteiger partial charge in [0.15, 0.2) is 11.6 Å². The van der Waals surface area contributed by atoms with E-state index in [9.17, 15) is 24.6 Å². The Morgan fingerprint density at radius 3 is 2.54 bits per heavy atom. The third-order valence-corrected chi connectivity index (χ3v) is 9.00. The van der Waals surface area contributed by atoms with Crippen molar-refractivity contribution in [1.82, 2.24) is 10.3 Å². The van der Waals surface area contributed by atoms with E-state index in [1.165, 1.54) is 0 Å². The number of fused-ring (bicyclic) bond motifs is 1. The number of H-pyrrole nitrogens is 1. The van der Waals surface area contributed by atoms with Crippen molar-refractivity contribution in [2.24, 2.45) is 23.2 Å². The topological polar surface area (TPSA) is 119 Å². The number of benzene rings is 1. The first-order valence-corrected chi connectivity index (χ1v) is 13.6. The number of hydrogen-bond donors (Lipinski definition) is 4. The molecule has 1 aliphatic heterocycles. The van der Waals surface area contributed by atoms with Gasteiger partial charge in [0.1, 0.15) is 11.5 Å². The first kappa shape index (κ1) is 27.0. The van der Waals surface area contributed by atoms with E-state index in [4.69, 9.17) is 0 Å². The molecule has 204 valence electrons. The fourth-order valence-corrected chi connectivity index (χ4v) is 6.88. The summed E-state index contributed by atoms with van der Waals surface area (Å²) in [5, 5.41) is 26.2. The van der Waals surface area contributed by atoms with E-state index in [1.807, 2.05) is 69.5 Å². The molecule has 1 aromatic carbocycles. The number of allylic oxidation sites excluding steroid dienone is 3. The number of aromatic amines is 1. The van der Waals surface area contributed by atoms with Crippen LogP contribution < -0.4 is 5.32 Å². The van der Waals surface area contributed by atoms with Crippen LogP contribution in [0.2, 0.25) is 0 Å². The molecule has 1 aromatic heterocycles. The van der Waals surface area contributed by atoms with Crippen molar-refractivity contribution in [3.8, 4) is 0 Å². The number of aliphatic hydroxyl groups excluding tert-OH is 2. The van der Waals surface area contributed by atoms with E-state index in [1.54, 1.807) is 6.92 Å². The van der Waals surface area contributed by atoms with Crippen LogP contribution in [-0.4, -0.2) is 50.9 Å². The van der Waals surface area contributed by atoms with E-state index >= 15 is 0 Å². The average molecular weight is 529 g/mol. The molecule has 2 heterocycles. The molecule has 1 spiro atoms. The van der Waals surface area contributed by atoms with Crippen molar-refractivity contribution in [3.63, 3.8) is 0 Å². The number of para-hydroxylation sites is 1. The van der Waals surface area contributed by atoms with Crippen LogP contribution in [0.5, 0.6) is 0 Å². The van der Waals surface area contributed by atoms with E-state index in [-0.39, 0.29) is 5.92 Å². The van der Waals surface area contributed by atoms with Gasteiger partial charge in [-0.25, -0.2) is 0 Å². The first-order chi connectivity index (χ1) is 18.6. The van der Waals surface area contributed by atoms with Gasteiger partial charge in [0.05, 0.1) is 6.10 Å². The molecule has 2 aliphatic carbocycles. The highest BCUT2D eigenvalue weighted by atomic mass is 16.3. The Morgan fingerprint density at radius 2 is 1.77 bits per heavy atom. The van der Waals surface area contributed by atoms with Crippen LogP contribution in [0.1, 0.15) is 39.7 Å². The molecule has 2 aromatic rings. The van der Waals surface area contributed by atoms with Gasteiger partial charge in [-0.3, -0.25) is 14.4 Å². The van der Waals surface area contributed by atoms with Crippen molar-refractivity contribution in [3.05, 3.63) is 83.1 Å². The van der Waals surface area contributed by atoms with Gasteiger partial charge in [0.2, 0.25) is 5.91 Å². The summed E-state index contributed by atoms with van der Waals surface area (Å²) in [6.07, 6.45) is 8.34. The number of hydrogen-bond acceptors (Lipinski definition) is 5. The molecule has 4 N–H and O–H groups in total. The number of carbonyl (C=O) groups excluding carboxylic acids is 3. The molecule has 0 unspecified atom stereocenters. The number of aromatic nitrogens is 1. The summed E-state index contributed by atoms with van der Waals surface area (Å²) in [6, 6.07) is 7.55. The number of rotatable bonds is 2. The van der Waals surface area contributed by atoms with Gasteiger partial charge in [-0.15, -0.1) is 0 Å². The standard InChI is InChI=1S/C32H36N2O5/c1-17-8-7-10-23-30(38)20(4)19(3)28-25(15-21-16-33-24-11-6-5-9-22(21)24)34-31(39)32(23,28)27(36)13-12-26(35)29(37)18(2)14-17/h5-7,9-14,16-17,23,25,28-30,33,37-38H,8,15H2,1-4H3,(H,34,39)/b10-7+,13-12-,18-14-/t17-,23+,25+,28+,29+,30-,32-/m1/s1. The summed E-state index contributed by atoms with van der Waals surface area (Å²) < 4.78 is 0. The van der Waals surface area contributed by atoms with Crippen molar-refractivity contribution < 1.29 is 24.6 Å². The van der Waals surface area contributed by atoms with Crippen molar-refractivity contribution in [2.75, 3.05) is 0 Å². The summed E-state index contributed by atoms with van der Waals surface area (Å²) in [5.41, 5.74) is 2.46. The normalized spacial score (nSPS) is 36.7. The summed E-state index contributed by atoms with van der Waals surface area (Å²) in [4.78, 5) is 44.3. The molecular weight excluding hydrogens is 492 g/mol. The van der Waals surface area contributed by atoms with Gasteiger partial charge in [-0.2, -0.15) is 0 Å². The minimum absolute atomic E-state index is 0.00187. The quantitative estimate of drug-likeness (QED) is 0.350. The summed E-state index contributed by atoms with van der Waals surface area (Å²) in [7, 11) is 0. The third-order valence-electron chi connectivity index (χ3n) is 9.00.